The third kappa shape index (κ3) is 7.12. The van der Waals surface area contributed by atoms with Crippen LogP contribution in [0.1, 0.15) is 18.4 Å². The molecule has 1 amide bonds. The maximum absolute atomic E-state index is 13.1. The number of aliphatic imine (C=N–C) groups is 1. The molecule has 0 spiro atoms. The minimum Gasteiger partial charge on any atom is -0.369 e. The Hall–Kier alpha value is -1.88. The number of hydrogen-bond donors (Lipinski definition) is 3. The molecule has 2 aromatic rings. The van der Waals surface area contributed by atoms with Crippen molar-refractivity contribution in [2.45, 2.75) is 25.3 Å². The molecule has 0 bridgehead atoms. The van der Waals surface area contributed by atoms with Crippen LogP contribution in [0.2, 0.25) is 0 Å². The first-order chi connectivity index (χ1) is 14.0. The number of piperidine rings is 1. The molecule has 1 atom stereocenters. The van der Waals surface area contributed by atoms with Crippen LogP contribution in [0.5, 0.6) is 0 Å². The molecule has 30 heavy (non-hydrogen) atoms. The number of thiophene rings is 1. The lowest BCUT2D eigenvalue weighted by Gasteiger charge is -2.33. The Morgan fingerprint density at radius 3 is 2.57 bits per heavy atom. The highest BCUT2D eigenvalue weighted by Crippen LogP contribution is 2.24. The van der Waals surface area contributed by atoms with Crippen LogP contribution in [-0.2, 0) is 11.2 Å². The predicted molar refractivity (Wildman–Crippen MR) is 132 cm³/mol. The third-order valence-corrected chi connectivity index (χ3v) is 6.12. The smallest absolute Gasteiger partial charge is 0.222 e. The quantitative estimate of drug-likeness (QED) is 0.284. The maximum atomic E-state index is 13.1. The summed E-state index contributed by atoms with van der Waals surface area (Å²) < 4.78 is 13.1. The fraction of sp³-hybridized carbons (Fsp3) is 0.429. The van der Waals surface area contributed by atoms with E-state index in [2.05, 4.69) is 38.0 Å². The molecule has 6 nitrogen and oxygen atoms in total. The molecule has 1 aliphatic rings. The van der Waals surface area contributed by atoms with Crippen LogP contribution in [0.25, 0.3) is 0 Å². The zero-order chi connectivity index (χ0) is 20.6. The summed E-state index contributed by atoms with van der Waals surface area (Å²) in [5.41, 5.74) is 6.45. The Bertz CT molecular complexity index is 807. The molecule has 4 N–H and O–H groups in total. The number of amides is 1. The lowest BCUT2D eigenvalue weighted by Crippen LogP contribution is -2.50. The fourth-order valence-corrected chi connectivity index (χ4v) is 4.27. The van der Waals surface area contributed by atoms with Gasteiger partial charge in [-0.2, -0.15) is 0 Å². The second-order valence-electron chi connectivity index (χ2n) is 7.24. The van der Waals surface area contributed by atoms with Gasteiger partial charge in [0.25, 0.3) is 0 Å². The van der Waals surface area contributed by atoms with E-state index >= 15 is 0 Å². The summed E-state index contributed by atoms with van der Waals surface area (Å²) in [5.74, 6) is -0.414. The summed E-state index contributed by atoms with van der Waals surface area (Å²) in [6.45, 7) is 2.38. The number of primary amides is 1. The Balaban J connectivity index is 0.00000320. The number of hydrogen-bond acceptors (Lipinski definition) is 4. The van der Waals surface area contributed by atoms with Crippen LogP contribution in [0.15, 0.2) is 46.8 Å². The molecule has 3 rings (SSSR count). The van der Waals surface area contributed by atoms with Crippen molar-refractivity contribution >= 4 is 52.2 Å². The molecule has 1 aromatic heterocycles. The summed E-state index contributed by atoms with van der Waals surface area (Å²) >= 11 is 1.77. The number of halogens is 2. The Kier molecular flexibility index (Phi) is 9.83. The van der Waals surface area contributed by atoms with Crippen LogP contribution in [-0.4, -0.2) is 44.6 Å². The van der Waals surface area contributed by atoms with E-state index in [1.165, 1.54) is 17.1 Å². The topological polar surface area (TPSA) is 82.7 Å². The van der Waals surface area contributed by atoms with Gasteiger partial charge in [0.2, 0.25) is 5.91 Å². The van der Waals surface area contributed by atoms with Crippen molar-refractivity contribution in [1.29, 1.82) is 0 Å². The van der Waals surface area contributed by atoms with Gasteiger partial charge in [0.1, 0.15) is 5.82 Å². The molecule has 164 valence electrons. The van der Waals surface area contributed by atoms with E-state index < -0.39 is 5.92 Å². The fourth-order valence-electron chi connectivity index (χ4n) is 3.48. The van der Waals surface area contributed by atoms with E-state index in [1.54, 1.807) is 30.5 Å². The number of nitrogens with one attached hydrogen (secondary N) is 2. The zero-order valence-corrected chi connectivity index (χ0v) is 20.2. The Morgan fingerprint density at radius 2 is 2.00 bits per heavy atom. The van der Waals surface area contributed by atoms with Gasteiger partial charge >= 0.3 is 0 Å². The summed E-state index contributed by atoms with van der Waals surface area (Å²) in [4.78, 5) is 18.5. The summed E-state index contributed by atoms with van der Waals surface area (Å²) in [6, 6.07) is 10.7. The van der Waals surface area contributed by atoms with Crippen LogP contribution >= 0.6 is 35.3 Å². The highest BCUT2D eigenvalue weighted by Gasteiger charge is 2.22. The van der Waals surface area contributed by atoms with E-state index in [1.807, 2.05) is 0 Å². The van der Waals surface area contributed by atoms with Crippen molar-refractivity contribution in [2.75, 3.05) is 31.6 Å². The molecular weight excluding hydrogens is 516 g/mol. The molecule has 0 aliphatic carbocycles. The summed E-state index contributed by atoms with van der Waals surface area (Å²) in [7, 11) is 1.72. The molecule has 1 saturated heterocycles. The van der Waals surface area contributed by atoms with Gasteiger partial charge in [-0.1, -0.05) is 12.1 Å². The van der Waals surface area contributed by atoms with E-state index in [-0.39, 0.29) is 35.7 Å². The van der Waals surface area contributed by atoms with Crippen LogP contribution in [0, 0.1) is 11.7 Å². The molecule has 2 heterocycles. The molecule has 1 fully saturated rings. The third-order valence-electron chi connectivity index (χ3n) is 5.19. The molecule has 1 aliphatic heterocycles. The summed E-state index contributed by atoms with van der Waals surface area (Å²) in [5, 5.41) is 10.1. The van der Waals surface area contributed by atoms with Gasteiger partial charge in [0, 0.05) is 32.7 Å². The van der Waals surface area contributed by atoms with Gasteiger partial charge < -0.3 is 21.3 Å². The van der Waals surface area contributed by atoms with Crippen molar-refractivity contribution in [3.8, 4) is 0 Å². The average Bonchev–Trinajstić information content (AvgIpc) is 3.26. The van der Waals surface area contributed by atoms with Gasteiger partial charge in [-0.3, -0.25) is 9.79 Å². The number of nitrogens with two attached hydrogens (primary N) is 1. The highest BCUT2D eigenvalue weighted by atomic mass is 127. The van der Waals surface area contributed by atoms with E-state index in [9.17, 15) is 9.18 Å². The van der Waals surface area contributed by atoms with Gasteiger partial charge in [0.15, 0.2) is 5.96 Å². The van der Waals surface area contributed by atoms with Crippen molar-refractivity contribution in [1.82, 2.24) is 10.6 Å². The number of nitrogens with zero attached hydrogens (tertiary/aromatic N) is 2. The second kappa shape index (κ2) is 12.1. The first-order valence-electron chi connectivity index (χ1n) is 9.84. The van der Waals surface area contributed by atoms with Crippen molar-refractivity contribution in [2.24, 2.45) is 16.6 Å². The lowest BCUT2D eigenvalue weighted by molar-refractivity contribution is -0.121. The Morgan fingerprint density at radius 1 is 1.30 bits per heavy atom. The molecule has 1 unspecified atom stereocenters. The predicted octanol–water partition coefficient (Wildman–Crippen LogP) is 2.98. The average molecular weight is 545 g/mol. The SMILES string of the molecule is CN=C(NCC(Cc1ccc(F)cc1)C(N)=O)NC1CCN(c2cccs2)CC1.I. The van der Waals surface area contributed by atoms with Crippen molar-refractivity contribution in [3.05, 3.63) is 53.2 Å². The molecule has 1 aromatic carbocycles. The van der Waals surface area contributed by atoms with Gasteiger partial charge in [-0.15, -0.1) is 35.3 Å². The van der Waals surface area contributed by atoms with Crippen molar-refractivity contribution in [3.63, 3.8) is 0 Å². The number of benzene rings is 1. The minimum absolute atomic E-state index is 0. The van der Waals surface area contributed by atoms with Crippen LogP contribution in [0.3, 0.4) is 0 Å². The number of rotatable bonds is 7. The molecule has 9 heteroatoms. The van der Waals surface area contributed by atoms with Crippen LogP contribution < -0.4 is 21.3 Å². The number of carbonyl (C=O) groups excluding carboxylic acids is 1. The molecular formula is C21H29FIN5OS. The molecule has 0 radical (unpaired) electrons. The van der Waals surface area contributed by atoms with Crippen LogP contribution in [0.4, 0.5) is 9.39 Å². The first-order valence-corrected chi connectivity index (χ1v) is 10.7. The van der Waals surface area contributed by atoms with Gasteiger partial charge in [-0.25, -0.2) is 4.39 Å². The van der Waals surface area contributed by atoms with Crippen molar-refractivity contribution < 1.29 is 9.18 Å². The molecule has 0 saturated carbocycles. The number of carbonyl (C=O) groups is 1. The Labute approximate surface area is 198 Å². The van der Waals surface area contributed by atoms with E-state index in [4.69, 9.17) is 5.73 Å². The zero-order valence-electron chi connectivity index (χ0n) is 17.0. The highest BCUT2D eigenvalue weighted by molar-refractivity contribution is 14.0. The first kappa shape index (κ1) is 24.4. The maximum Gasteiger partial charge on any atom is 0.222 e. The minimum atomic E-state index is -0.403. The summed E-state index contributed by atoms with van der Waals surface area (Å²) in [6.07, 6.45) is 2.50. The second-order valence-corrected chi connectivity index (χ2v) is 8.17. The van der Waals surface area contributed by atoms with E-state index in [0.29, 0.717) is 25.0 Å². The monoisotopic (exact) mass is 545 g/mol. The largest absolute Gasteiger partial charge is 0.369 e. The standard InChI is InChI=1S/C21H28FN5OS.HI/c1-24-21(26-18-8-10-27(11-9-18)19-3-2-12-29-19)25-14-16(20(23)28)13-15-4-6-17(22)7-5-15;/h2-7,12,16,18H,8-11,13-14H2,1H3,(H2,23,28)(H2,24,25,26);1H. The number of guanidine groups is 1. The van der Waals surface area contributed by atoms with Gasteiger partial charge in [-0.05, 0) is 54.5 Å². The van der Waals surface area contributed by atoms with Gasteiger partial charge in [0.05, 0.1) is 10.9 Å². The number of anilines is 1. The van der Waals surface area contributed by atoms with E-state index in [0.717, 1.165) is 31.5 Å². The lowest BCUT2D eigenvalue weighted by atomic mass is 9.98. The normalized spacial score (nSPS) is 15.9.